The highest BCUT2D eigenvalue weighted by Crippen LogP contribution is 2.48. The minimum atomic E-state index is -4.02. The van der Waals surface area contributed by atoms with Crippen molar-refractivity contribution in [3.63, 3.8) is 0 Å². The molecule has 1 aromatic carbocycles. The molecule has 2 saturated carbocycles. The number of carbonyl (C=O) groups excluding carboxylic acids is 3. The zero-order valence-electron chi connectivity index (χ0n) is 31.9. The lowest BCUT2D eigenvalue weighted by Gasteiger charge is -2.33. The van der Waals surface area contributed by atoms with E-state index in [0.717, 1.165) is 11.8 Å². The summed E-state index contributed by atoms with van der Waals surface area (Å²) < 4.78 is 41.2. The van der Waals surface area contributed by atoms with Crippen LogP contribution in [0.5, 0.6) is 11.6 Å². The molecule has 0 radical (unpaired) electrons. The average Bonchev–Trinajstić information content (AvgIpc) is 3.92. The number of carbonyl (C=O) groups is 4. The molecule has 3 aromatic rings. The number of benzene rings is 1. The van der Waals surface area contributed by atoms with Crippen LogP contribution in [0, 0.1) is 17.8 Å². The summed E-state index contributed by atoms with van der Waals surface area (Å²) in [7, 11) is -2.46. The van der Waals surface area contributed by atoms with Gasteiger partial charge >= 0.3 is 6.09 Å². The van der Waals surface area contributed by atoms with Crippen LogP contribution in [0.1, 0.15) is 72.1 Å². The van der Waals surface area contributed by atoms with Gasteiger partial charge in [0.2, 0.25) is 27.7 Å². The van der Waals surface area contributed by atoms with Crippen molar-refractivity contribution in [1.29, 1.82) is 0 Å². The molecule has 0 spiro atoms. The van der Waals surface area contributed by atoms with Crippen LogP contribution in [0.15, 0.2) is 55.0 Å². The van der Waals surface area contributed by atoms with Gasteiger partial charge in [-0.3, -0.25) is 19.1 Å². The van der Waals surface area contributed by atoms with Crippen LogP contribution in [-0.4, -0.2) is 99.1 Å². The Labute approximate surface area is 325 Å². The van der Waals surface area contributed by atoms with Gasteiger partial charge in [0.05, 0.1) is 30.3 Å². The summed E-state index contributed by atoms with van der Waals surface area (Å²) in [6.45, 7) is 5.44. The van der Waals surface area contributed by atoms with Crippen molar-refractivity contribution in [1.82, 2.24) is 35.0 Å². The molecule has 3 fully saturated rings. The smallest absolute Gasteiger partial charge is 0.405 e. The molecule has 17 heteroatoms. The zero-order chi connectivity index (χ0) is 40.0. The second kappa shape index (κ2) is 15.0. The highest BCUT2D eigenvalue weighted by molar-refractivity contribution is 7.91. The molecule has 16 nitrogen and oxygen atoms in total. The largest absolute Gasteiger partial charge is 0.497 e. The van der Waals surface area contributed by atoms with Crippen molar-refractivity contribution in [2.24, 2.45) is 17.8 Å². The van der Waals surface area contributed by atoms with E-state index in [1.54, 1.807) is 55.5 Å². The lowest BCUT2D eigenvalue weighted by atomic mass is 9.85. The number of hydrogen-bond acceptors (Lipinski definition) is 10. The van der Waals surface area contributed by atoms with Gasteiger partial charge in [0, 0.05) is 35.5 Å². The Kier molecular flexibility index (Phi) is 10.5. The number of aromatic nitrogens is 3. The predicted molar refractivity (Wildman–Crippen MR) is 205 cm³/mol. The second-order valence-corrected chi connectivity index (χ2v) is 18.1. The number of pyridine rings is 1. The normalized spacial score (nSPS) is 28.9. The van der Waals surface area contributed by atoms with E-state index in [4.69, 9.17) is 9.47 Å². The first-order chi connectivity index (χ1) is 26.7. The molecule has 4 aliphatic rings. The van der Waals surface area contributed by atoms with E-state index in [1.807, 2.05) is 32.1 Å². The standard InChI is InChI=1S/C39H49N7O9S/c1-5-24-17-23(2)9-6-7-10-25-20-39(25,36(49)44-56(52,53)38(3)13-14-38)43-33(47)30-19-27(22-45(30)35(48)32(24)42-37(50)51)55-34-28-12-11-26(54-4)18-29(28)31(21-40-34)46-16-8-15-41-46/h7-8,10-12,15-16,18,21,23-25,27,30,32,42H,5-6,9,13-14,17,19-20,22H2,1-4H3,(H,43,47)(H,44,49)(H,50,51)/t23-,24-,25-,27-,30+,32+,39-/m1/s1. The number of allylic oxidation sites excluding steroid dienone is 1. The van der Waals surface area contributed by atoms with Gasteiger partial charge < -0.3 is 30.1 Å². The maximum atomic E-state index is 14.6. The predicted octanol–water partition coefficient (Wildman–Crippen LogP) is 3.69. The van der Waals surface area contributed by atoms with Crippen molar-refractivity contribution in [3.05, 3.63) is 55.0 Å². The number of nitrogens with one attached hydrogen (secondary N) is 3. The van der Waals surface area contributed by atoms with Gasteiger partial charge in [0.15, 0.2) is 0 Å². The Morgan fingerprint density at radius 1 is 1.16 bits per heavy atom. The molecule has 2 aromatic heterocycles. The van der Waals surface area contributed by atoms with E-state index in [0.29, 0.717) is 48.9 Å². The molecular weight excluding hydrogens is 743 g/mol. The van der Waals surface area contributed by atoms with E-state index in [2.05, 4.69) is 25.4 Å². The molecule has 4 amide bonds. The Bertz CT molecular complexity index is 2160. The fourth-order valence-corrected chi connectivity index (χ4v) is 9.41. The minimum absolute atomic E-state index is 0.0145. The third kappa shape index (κ3) is 7.52. The molecule has 4 N–H and O–H groups in total. The first-order valence-corrected chi connectivity index (χ1v) is 20.7. The molecule has 0 unspecified atom stereocenters. The van der Waals surface area contributed by atoms with Crippen molar-refractivity contribution >= 4 is 44.6 Å². The van der Waals surface area contributed by atoms with Gasteiger partial charge in [-0.15, -0.1) is 0 Å². The van der Waals surface area contributed by atoms with Crippen LogP contribution < -0.4 is 24.8 Å². The summed E-state index contributed by atoms with van der Waals surface area (Å²) in [6.07, 6.45) is 10.1. The Morgan fingerprint density at radius 3 is 2.62 bits per heavy atom. The van der Waals surface area contributed by atoms with Crippen molar-refractivity contribution < 1.29 is 42.2 Å². The lowest BCUT2D eigenvalue weighted by molar-refractivity contribution is -0.142. The molecule has 1 saturated heterocycles. The van der Waals surface area contributed by atoms with Crippen LogP contribution in [0.3, 0.4) is 0 Å². The summed E-state index contributed by atoms with van der Waals surface area (Å²) in [5.74, 6) is -1.98. The van der Waals surface area contributed by atoms with E-state index >= 15 is 0 Å². The Hall–Kier alpha value is -5.19. The minimum Gasteiger partial charge on any atom is -0.497 e. The van der Waals surface area contributed by atoms with Crippen LogP contribution in [-0.2, 0) is 24.4 Å². The topological polar surface area (TPSA) is 211 Å². The van der Waals surface area contributed by atoms with Crippen LogP contribution in [0.25, 0.3) is 16.5 Å². The summed E-state index contributed by atoms with van der Waals surface area (Å²) in [4.78, 5) is 61.2. The number of fused-ring (bicyclic) bond motifs is 3. The molecule has 56 heavy (non-hydrogen) atoms. The molecule has 7 atom stereocenters. The maximum Gasteiger partial charge on any atom is 0.405 e. The highest BCUT2D eigenvalue weighted by Gasteiger charge is 2.63. The van der Waals surface area contributed by atoms with Gasteiger partial charge in [-0.05, 0) is 81.5 Å². The monoisotopic (exact) mass is 791 g/mol. The number of hydrogen-bond donors (Lipinski definition) is 4. The lowest BCUT2D eigenvalue weighted by Crippen LogP contribution is -2.59. The van der Waals surface area contributed by atoms with Crippen molar-refractivity contribution in [3.8, 4) is 17.3 Å². The summed E-state index contributed by atoms with van der Waals surface area (Å²) in [5, 5.41) is 20.9. The SMILES string of the molecule is CC[C@@H]1C[C@H](C)CCC=C[C@@H]2C[C@@]2(C(=O)NS(=O)(=O)C2(C)CC2)NC(=O)[C@@H]2C[C@@H](Oc3ncc(-n4cccn4)c4cc(OC)ccc34)CN2C(=O)[C@H]1NC(=O)O. The maximum absolute atomic E-state index is 14.6. The van der Waals surface area contributed by atoms with E-state index < -0.39 is 68.2 Å². The van der Waals surface area contributed by atoms with Gasteiger partial charge in [0.25, 0.3) is 5.91 Å². The molecule has 300 valence electrons. The number of ether oxygens (including phenoxy) is 2. The van der Waals surface area contributed by atoms with Crippen LogP contribution >= 0.6 is 0 Å². The fourth-order valence-electron chi connectivity index (χ4n) is 8.10. The summed E-state index contributed by atoms with van der Waals surface area (Å²) in [6, 6.07) is 4.84. The van der Waals surface area contributed by atoms with Gasteiger partial charge in [0.1, 0.15) is 29.5 Å². The number of nitrogens with zero attached hydrogens (tertiary/aromatic N) is 4. The fraction of sp³-hybridized carbons (Fsp3) is 0.538. The third-order valence-corrected chi connectivity index (χ3v) is 14.1. The van der Waals surface area contributed by atoms with Crippen molar-refractivity contribution in [2.45, 2.75) is 101 Å². The average molecular weight is 792 g/mol. The zero-order valence-corrected chi connectivity index (χ0v) is 32.8. The molecule has 4 heterocycles. The third-order valence-electron chi connectivity index (χ3n) is 12.0. The highest BCUT2D eigenvalue weighted by atomic mass is 32.2. The molecular formula is C39H49N7O9S. The molecule has 7 rings (SSSR count). The van der Waals surface area contributed by atoms with Gasteiger partial charge in [-0.25, -0.2) is 22.9 Å². The second-order valence-electron chi connectivity index (χ2n) is 15.9. The molecule has 0 bridgehead atoms. The van der Waals surface area contributed by atoms with Crippen molar-refractivity contribution in [2.75, 3.05) is 13.7 Å². The number of carboxylic acid groups (broad SMARTS) is 1. The molecule has 2 aliphatic heterocycles. The number of methoxy groups -OCH3 is 1. The van der Waals surface area contributed by atoms with Gasteiger partial charge in [-0.2, -0.15) is 5.10 Å². The summed E-state index contributed by atoms with van der Waals surface area (Å²) in [5.41, 5.74) is -0.892. The Morgan fingerprint density at radius 2 is 1.95 bits per heavy atom. The number of amides is 4. The van der Waals surface area contributed by atoms with E-state index in [9.17, 15) is 32.7 Å². The van der Waals surface area contributed by atoms with Crippen LogP contribution in [0.4, 0.5) is 4.79 Å². The quantitative estimate of drug-likeness (QED) is 0.230. The number of sulfonamides is 1. The first kappa shape index (κ1) is 39.1. The first-order valence-electron chi connectivity index (χ1n) is 19.2. The summed E-state index contributed by atoms with van der Waals surface area (Å²) >= 11 is 0. The molecule has 2 aliphatic carbocycles. The van der Waals surface area contributed by atoms with E-state index in [-0.39, 0.29) is 37.1 Å². The van der Waals surface area contributed by atoms with Crippen LogP contribution in [0.2, 0.25) is 0 Å². The number of rotatable bonds is 9. The van der Waals surface area contributed by atoms with E-state index in [1.165, 1.54) is 4.90 Å². The Balaban J connectivity index is 1.24. The van der Waals surface area contributed by atoms with Gasteiger partial charge in [-0.1, -0.05) is 32.4 Å².